The van der Waals surface area contributed by atoms with Crippen LogP contribution in [0.15, 0.2) is 42.5 Å². The number of ether oxygens (including phenoxy) is 1. The molecule has 0 aliphatic carbocycles. The molecule has 0 spiro atoms. The number of rotatable bonds is 15. The Balaban J connectivity index is 1.77. The van der Waals surface area contributed by atoms with Crippen LogP contribution in [0.2, 0.25) is 0 Å². The third-order valence-corrected chi connectivity index (χ3v) is 6.96. The molecule has 2 N–H and O–H groups in total. The molecular formula is C29H36Cl2FN5O4. The van der Waals surface area contributed by atoms with Gasteiger partial charge in [0.1, 0.15) is 23.7 Å². The smallest absolute Gasteiger partial charge is 0.328 e. The minimum atomic E-state index is -1.01. The fourth-order valence-electron chi connectivity index (χ4n) is 4.58. The zero-order chi connectivity index (χ0) is 29.9. The Kier molecular flexibility index (Phi) is 12.2. The van der Waals surface area contributed by atoms with Gasteiger partial charge in [0, 0.05) is 57.3 Å². The molecule has 1 aromatic heterocycles. The zero-order valence-electron chi connectivity index (χ0n) is 23.5. The molecule has 0 saturated carbocycles. The van der Waals surface area contributed by atoms with Crippen LogP contribution < -0.4 is 15.5 Å². The lowest BCUT2D eigenvalue weighted by molar-refractivity contribution is -0.147. The number of hydrogen-bond donors (Lipinski definition) is 2. The zero-order valence-corrected chi connectivity index (χ0v) is 25.0. The number of imidazole rings is 1. The van der Waals surface area contributed by atoms with E-state index < -0.39 is 29.8 Å². The van der Waals surface area contributed by atoms with E-state index in [-0.39, 0.29) is 25.4 Å². The summed E-state index contributed by atoms with van der Waals surface area (Å²) in [6, 6.07) is 9.68. The van der Waals surface area contributed by atoms with Gasteiger partial charge in [0.15, 0.2) is 0 Å². The van der Waals surface area contributed by atoms with E-state index >= 15 is 0 Å². The van der Waals surface area contributed by atoms with Crippen molar-refractivity contribution in [3.05, 3.63) is 59.7 Å². The van der Waals surface area contributed by atoms with E-state index in [9.17, 15) is 18.8 Å². The number of nitrogens with zero attached hydrogens (tertiary/aromatic N) is 3. The summed E-state index contributed by atoms with van der Waals surface area (Å²) >= 11 is 11.9. The predicted octanol–water partition coefficient (Wildman–Crippen LogP) is 3.72. The highest BCUT2D eigenvalue weighted by atomic mass is 35.5. The first-order chi connectivity index (χ1) is 19.7. The van der Waals surface area contributed by atoms with E-state index in [1.807, 2.05) is 29.8 Å². The summed E-state index contributed by atoms with van der Waals surface area (Å²) < 4.78 is 20.5. The van der Waals surface area contributed by atoms with Crippen molar-refractivity contribution in [1.29, 1.82) is 0 Å². The second-order valence-corrected chi connectivity index (χ2v) is 10.3. The Bertz CT molecular complexity index is 1330. The number of carbonyl (C=O) groups excluding carboxylic acids is 3. The molecule has 41 heavy (non-hydrogen) atoms. The van der Waals surface area contributed by atoms with Crippen LogP contribution in [0.1, 0.15) is 31.7 Å². The molecule has 9 nitrogen and oxygen atoms in total. The van der Waals surface area contributed by atoms with Crippen molar-refractivity contribution in [3.63, 3.8) is 0 Å². The van der Waals surface area contributed by atoms with Crippen LogP contribution in [0, 0.1) is 5.82 Å². The summed E-state index contributed by atoms with van der Waals surface area (Å²) in [5.74, 6) is -0.266. The summed E-state index contributed by atoms with van der Waals surface area (Å²) in [5, 5.41) is 5.40. The molecule has 2 atom stereocenters. The highest BCUT2D eigenvalue weighted by molar-refractivity contribution is 6.18. The highest BCUT2D eigenvalue weighted by Gasteiger charge is 2.28. The van der Waals surface area contributed by atoms with E-state index in [4.69, 9.17) is 32.9 Å². The largest absolute Gasteiger partial charge is 0.464 e. The quantitative estimate of drug-likeness (QED) is 0.201. The van der Waals surface area contributed by atoms with Crippen LogP contribution in [0.5, 0.6) is 0 Å². The molecule has 0 aliphatic heterocycles. The Labute approximate surface area is 249 Å². The van der Waals surface area contributed by atoms with Crippen LogP contribution in [0.25, 0.3) is 11.0 Å². The van der Waals surface area contributed by atoms with Crippen LogP contribution in [0.3, 0.4) is 0 Å². The van der Waals surface area contributed by atoms with Crippen molar-refractivity contribution in [2.24, 2.45) is 7.05 Å². The van der Waals surface area contributed by atoms with Gasteiger partial charge in [0.05, 0.1) is 17.6 Å². The van der Waals surface area contributed by atoms with Gasteiger partial charge in [-0.15, -0.1) is 23.2 Å². The number of nitrogens with one attached hydrogen (secondary N) is 2. The normalized spacial score (nSPS) is 12.5. The minimum Gasteiger partial charge on any atom is -0.464 e. The van der Waals surface area contributed by atoms with E-state index in [1.54, 1.807) is 19.1 Å². The van der Waals surface area contributed by atoms with Gasteiger partial charge in [-0.2, -0.15) is 0 Å². The maximum atomic E-state index is 13.4. The monoisotopic (exact) mass is 607 g/mol. The number of fused-ring (bicyclic) bond motifs is 1. The standard InChI is InChI=1S/C29H36Cl2FN5O4/c1-4-41-29(40)25(17-20-5-7-21(32)8-6-20)35-28(39)23(33-19(2)38)10-12-27-34-24-18-22(9-11-26(24)36(27)3)37(15-13-30)16-14-31/h5-9,11,18,23,25H,4,10,12-17H2,1-3H3,(H,33,38)(H,35,39). The summed E-state index contributed by atoms with van der Waals surface area (Å²) in [6.07, 6.45) is 0.731. The van der Waals surface area contributed by atoms with Gasteiger partial charge in [-0.25, -0.2) is 14.2 Å². The number of alkyl halides is 2. The number of hydrogen-bond acceptors (Lipinski definition) is 6. The molecule has 0 aliphatic rings. The topological polar surface area (TPSA) is 106 Å². The van der Waals surface area contributed by atoms with Crippen molar-refractivity contribution in [2.45, 2.75) is 45.2 Å². The fraction of sp³-hybridized carbons (Fsp3) is 0.448. The second-order valence-electron chi connectivity index (χ2n) is 9.56. The third-order valence-electron chi connectivity index (χ3n) is 6.62. The molecule has 1 heterocycles. The van der Waals surface area contributed by atoms with E-state index in [2.05, 4.69) is 15.5 Å². The highest BCUT2D eigenvalue weighted by Crippen LogP contribution is 2.23. The molecule has 0 radical (unpaired) electrons. The average molecular weight is 609 g/mol. The van der Waals surface area contributed by atoms with E-state index in [0.717, 1.165) is 22.5 Å². The van der Waals surface area contributed by atoms with Gasteiger partial charge in [-0.05, 0) is 49.2 Å². The number of amides is 2. The Hall–Kier alpha value is -3.37. The van der Waals surface area contributed by atoms with Gasteiger partial charge in [0.25, 0.3) is 0 Å². The molecule has 2 aromatic carbocycles. The van der Waals surface area contributed by atoms with Crippen molar-refractivity contribution in [1.82, 2.24) is 20.2 Å². The molecular weight excluding hydrogens is 572 g/mol. The molecule has 3 rings (SSSR count). The van der Waals surface area contributed by atoms with Gasteiger partial charge < -0.3 is 24.8 Å². The van der Waals surface area contributed by atoms with Crippen LogP contribution in [-0.2, 0) is 39.0 Å². The maximum Gasteiger partial charge on any atom is 0.328 e. The number of esters is 1. The summed E-state index contributed by atoms with van der Waals surface area (Å²) in [5.41, 5.74) is 3.32. The lowest BCUT2D eigenvalue weighted by Crippen LogP contribution is -2.52. The molecule has 2 unspecified atom stereocenters. The molecule has 0 saturated heterocycles. The maximum absolute atomic E-state index is 13.4. The van der Waals surface area contributed by atoms with Gasteiger partial charge >= 0.3 is 5.97 Å². The number of carbonyl (C=O) groups is 3. The van der Waals surface area contributed by atoms with Gasteiger partial charge in [-0.3, -0.25) is 9.59 Å². The SMILES string of the molecule is CCOC(=O)C(Cc1ccc(F)cc1)NC(=O)C(CCc1nc2cc(N(CCCl)CCCl)ccc2n1C)NC(C)=O. The Morgan fingerprint density at radius 3 is 2.34 bits per heavy atom. The molecule has 222 valence electrons. The molecule has 12 heteroatoms. The first-order valence-corrected chi connectivity index (χ1v) is 14.5. The second kappa shape index (κ2) is 15.6. The number of aromatic nitrogens is 2. The molecule has 0 bridgehead atoms. The summed E-state index contributed by atoms with van der Waals surface area (Å²) in [7, 11) is 1.90. The minimum absolute atomic E-state index is 0.106. The van der Waals surface area contributed by atoms with Crippen molar-refractivity contribution >= 4 is 57.7 Å². The number of anilines is 1. The van der Waals surface area contributed by atoms with Crippen LogP contribution in [0.4, 0.5) is 10.1 Å². The lowest BCUT2D eigenvalue weighted by atomic mass is 10.0. The third kappa shape index (κ3) is 9.06. The van der Waals surface area contributed by atoms with E-state index in [1.165, 1.54) is 19.1 Å². The predicted molar refractivity (Wildman–Crippen MR) is 159 cm³/mol. The van der Waals surface area contributed by atoms with Gasteiger partial charge in [-0.1, -0.05) is 12.1 Å². The van der Waals surface area contributed by atoms with Crippen molar-refractivity contribution in [2.75, 3.05) is 36.4 Å². The van der Waals surface area contributed by atoms with E-state index in [0.29, 0.717) is 36.8 Å². The Morgan fingerprint density at radius 2 is 1.73 bits per heavy atom. The average Bonchev–Trinajstić information content (AvgIpc) is 3.26. The lowest BCUT2D eigenvalue weighted by Gasteiger charge is -2.22. The number of halogens is 3. The first-order valence-electron chi connectivity index (χ1n) is 13.5. The summed E-state index contributed by atoms with van der Waals surface area (Å²) in [6.45, 7) is 4.43. The van der Waals surface area contributed by atoms with Crippen molar-refractivity contribution in [3.8, 4) is 0 Å². The number of benzene rings is 2. The van der Waals surface area contributed by atoms with Crippen molar-refractivity contribution < 1.29 is 23.5 Å². The van der Waals surface area contributed by atoms with Gasteiger partial charge in [0.2, 0.25) is 11.8 Å². The summed E-state index contributed by atoms with van der Waals surface area (Å²) in [4.78, 5) is 44.8. The molecule has 2 amide bonds. The van der Waals surface area contributed by atoms with Crippen LogP contribution in [-0.4, -0.2) is 70.9 Å². The molecule has 3 aromatic rings. The number of aryl methyl sites for hydroxylation is 2. The van der Waals surface area contributed by atoms with Crippen LogP contribution >= 0.6 is 23.2 Å². The fourth-order valence-corrected chi connectivity index (χ4v) is 4.99. The Morgan fingerprint density at radius 1 is 1.05 bits per heavy atom. The first kappa shape index (κ1) is 32.1. The molecule has 0 fully saturated rings.